The van der Waals surface area contributed by atoms with Crippen LogP contribution in [0.15, 0.2) is 24.3 Å². The van der Waals surface area contributed by atoms with Gasteiger partial charge < -0.3 is 33.8 Å². The fourth-order valence-corrected chi connectivity index (χ4v) is 14.5. The third kappa shape index (κ3) is 79.4. The molecule has 5 atom stereocenters. The van der Waals surface area contributed by atoms with E-state index in [4.69, 9.17) is 37.0 Å². The molecule has 0 aromatic heterocycles. The molecule has 17 nitrogen and oxygen atoms in total. The largest absolute Gasteiger partial charge is 0.472 e. The van der Waals surface area contributed by atoms with Crippen LogP contribution in [0.4, 0.5) is 0 Å². The van der Waals surface area contributed by atoms with Gasteiger partial charge in [-0.25, -0.2) is 9.13 Å². The molecule has 0 aliphatic carbocycles. The highest BCUT2D eigenvalue weighted by Crippen LogP contribution is 2.45. The average Bonchev–Trinajstić information content (AvgIpc) is 0.920. The maximum absolute atomic E-state index is 13.1. The third-order valence-corrected chi connectivity index (χ3v) is 21.6. The summed E-state index contributed by atoms with van der Waals surface area (Å²) in [5.74, 6) is -1.36. The van der Waals surface area contributed by atoms with E-state index >= 15 is 0 Å². The zero-order valence-corrected chi connectivity index (χ0v) is 70.1. The lowest BCUT2D eigenvalue weighted by molar-refractivity contribution is -0.161. The molecular formula is C86H164O17P2. The first-order valence-electron chi connectivity index (χ1n) is 44.0. The van der Waals surface area contributed by atoms with Crippen LogP contribution >= 0.6 is 15.6 Å². The van der Waals surface area contributed by atoms with E-state index in [0.717, 1.165) is 115 Å². The zero-order chi connectivity index (χ0) is 76.9. The summed E-state index contributed by atoms with van der Waals surface area (Å²) in [6.07, 6.45) is 74.4. The van der Waals surface area contributed by atoms with Crippen LogP contribution in [0.5, 0.6) is 0 Å². The van der Waals surface area contributed by atoms with E-state index in [2.05, 4.69) is 58.9 Å². The smallest absolute Gasteiger partial charge is 0.462 e. The van der Waals surface area contributed by atoms with Crippen LogP contribution in [0.1, 0.15) is 439 Å². The van der Waals surface area contributed by atoms with Crippen molar-refractivity contribution in [3.05, 3.63) is 24.3 Å². The van der Waals surface area contributed by atoms with Crippen LogP contribution < -0.4 is 0 Å². The Balaban J connectivity index is 5.27. The highest BCUT2D eigenvalue weighted by atomic mass is 31.2. The van der Waals surface area contributed by atoms with Gasteiger partial charge in [-0.3, -0.25) is 37.3 Å². The number of rotatable bonds is 84. The first kappa shape index (κ1) is 103. The normalized spacial score (nSPS) is 13.9. The van der Waals surface area contributed by atoms with Gasteiger partial charge in [-0.2, -0.15) is 0 Å². The van der Waals surface area contributed by atoms with Crippen molar-refractivity contribution in [3.8, 4) is 0 Å². The van der Waals surface area contributed by atoms with Crippen molar-refractivity contribution in [3.63, 3.8) is 0 Å². The second-order valence-electron chi connectivity index (χ2n) is 30.7. The average molecular weight is 1530 g/mol. The van der Waals surface area contributed by atoms with E-state index in [-0.39, 0.29) is 25.7 Å². The van der Waals surface area contributed by atoms with Crippen LogP contribution in [-0.2, 0) is 65.4 Å². The zero-order valence-electron chi connectivity index (χ0n) is 68.4. The molecule has 19 heteroatoms. The highest BCUT2D eigenvalue weighted by Gasteiger charge is 2.30. The highest BCUT2D eigenvalue weighted by molar-refractivity contribution is 7.47. The molecule has 0 aliphatic heterocycles. The number of hydrogen-bond donors (Lipinski definition) is 3. The number of esters is 4. The van der Waals surface area contributed by atoms with Crippen LogP contribution in [-0.4, -0.2) is 96.7 Å². The Bertz CT molecular complexity index is 2090. The van der Waals surface area contributed by atoms with Gasteiger partial charge in [0.2, 0.25) is 0 Å². The SMILES string of the molecule is CCCCCC/C=C\C=C/CCCCCCCC(=O)OC[C@H](COP(=O)(O)OC[C@@H](O)COP(=O)(O)OC[C@@H](COC(=O)CCCCCCCCCCCCCCC)OC(=O)CCCCCCCCCCCCCCC(C)C)OC(=O)CCCCCCCCCCCCCCCCCCCCCCCC. The fourth-order valence-electron chi connectivity index (χ4n) is 12.9. The number of aliphatic hydroxyl groups is 1. The molecule has 0 fully saturated rings. The number of unbranched alkanes of at least 4 members (excludes halogenated alkanes) is 53. The van der Waals surface area contributed by atoms with Crippen molar-refractivity contribution in [2.24, 2.45) is 5.92 Å². The standard InChI is InChI=1S/C86H164O17P2/c1-6-9-12-15-18-21-24-27-29-30-31-32-33-34-35-37-40-46-51-56-61-66-71-85(90)102-81(76-97-84(89)70-65-60-55-50-45-39-36-28-25-22-19-16-13-10-7-2)77-100-104(92,93)98-73-80(87)74-99-105(94,95)101-78-82(75-96-83(88)69-64-59-54-49-44-38-26-23-20-17-14-11-8-3)103-86(91)72-67-62-57-52-47-42-41-43-48-53-58-63-68-79(4)5/h22,25,28,36,79-82,87H,6-21,23-24,26-27,29-35,37-78H2,1-5H3,(H,92,93)(H,94,95)/b25-22-,36-28-/t80-,81-,82-/m1/s1. The lowest BCUT2D eigenvalue weighted by atomic mass is 10.0. The van der Waals surface area contributed by atoms with Crippen LogP contribution in [0.2, 0.25) is 0 Å². The monoisotopic (exact) mass is 1530 g/mol. The first-order chi connectivity index (χ1) is 51.0. The Labute approximate surface area is 643 Å². The number of allylic oxidation sites excluding steroid dienone is 4. The van der Waals surface area contributed by atoms with Gasteiger partial charge in [-0.15, -0.1) is 0 Å². The summed E-state index contributed by atoms with van der Waals surface area (Å²) >= 11 is 0. The Hall–Kier alpha value is -2.46. The van der Waals surface area contributed by atoms with E-state index in [1.165, 1.54) is 244 Å². The third-order valence-electron chi connectivity index (χ3n) is 19.7. The Morgan fingerprint density at radius 3 is 0.781 bits per heavy atom. The van der Waals surface area contributed by atoms with Gasteiger partial charge >= 0.3 is 39.5 Å². The minimum absolute atomic E-state index is 0.102. The van der Waals surface area contributed by atoms with Crippen molar-refractivity contribution in [2.45, 2.75) is 457 Å². The first-order valence-corrected chi connectivity index (χ1v) is 46.9. The van der Waals surface area contributed by atoms with Gasteiger partial charge in [-0.05, 0) is 57.3 Å². The lowest BCUT2D eigenvalue weighted by Crippen LogP contribution is -2.30. The maximum Gasteiger partial charge on any atom is 0.472 e. The van der Waals surface area contributed by atoms with Gasteiger partial charge in [0.05, 0.1) is 26.4 Å². The molecule has 0 saturated carbocycles. The van der Waals surface area contributed by atoms with E-state index in [9.17, 15) is 43.2 Å². The molecule has 105 heavy (non-hydrogen) atoms. The Morgan fingerprint density at radius 1 is 0.295 bits per heavy atom. The molecule has 0 amide bonds. The number of carbonyl (C=O) groups excluding carboxylic acids is 4. The predicted molar refractivity (Wildman–Crippen MR) is 432 cm³/mol. The molecular weight excluding hydrogens is 1370 g/mol. The molecule has 620 valence electrons. The van der Waals surface area contributed by atoms with Gasteiger partial charge in [-0.1, -0.05) is 386 Å². The Morgan fingerprint density at radius 2 is 0.514 bits per heavy atom. The second kappa shape index (κ2) is 78.2. The number of phosphoric ester groups is 2. The molecule has 3 N–H and O–H groups in total. The molecule has 0 rings (SSSR count). The quantitative estimate of drug-likeness (QED) is 0.0169. The summed E-state index contributed by atoms with van der Waals surface area (Å²) in [6.45, 7) is 7.30. The van der Waals surface area contributed by atoms with Crippen LogP contribution in [0.25, 0.3) is 0 Å². The molecule has 0 aliphatic rings. The van der Waals surface area contributed by atoms with Gasteiger partial charge in [0.1, 0.15) is 19.3 Å². The molecule has 0 bridgehead atoms. The van der Waals surface area contributed by atoms with Crippen molar-refractivity contribution < 1.29 is 80.2 Å². The molecule has 0 spiro atoms. The van der Waals surface area contributed by atoms with E-state index in [0.29, 0.717) is 25.7 Å². The van der Waals surface area contributed by atoms with Crippen molar-refractivity contribution in [1.82, 2.24) is 0 Å². The lowest BCUT2D eigenvalue weighted by Gasteiger charge is -2.21. The number of phosphoric acid groups is 2. The summed E-state index contributed by atoms with van der Waals surface area (Å²) in [7, 11) is -9.94. The van der Waals surface area contributed by atoms with Crippen molar-refractivity contribution in [1.29, 1.82) is 0 Å². The van der Waals surface area contributed by atoms with Gasteiger partial charge in [0.15, 0.2) is 12.2 Å². The van der Waals surface area contributed by atoms with Crippen LogP contribution in [0, 0.1) is 5.92 Å². The van der Waals surface area contributed by atoms with Crippen LogP contribution in [0.3, 0.4) is 0 Å². The van der Waals surface area contributed by atoms with E-state index in [1.54, 1.807) is 0 Å². The number of aliphatic hydroxyl groups excluding tert-OH is 1. The molecule has 0 aromatic rings. The number of ether oxygens (including phenoxy) is 4. The fraction of sp³-hybridized carbons (Fsp3) is 0.907. The minimum atomic E-state index is -4.97. The molecule has 2 unspecified atom stereocenters. The summed E-state index contributed by atoms with van der Waals surface area (Å²) in [6, 6.07) is 0. The maximum atomic E-state index is 13.1. The van der Waals surface area contributed by atoms with E-state index < -0.39 is 97.5 Å². The number of carbonyl (C=O) groups is 4. The summed E-state index contributed by atoms with van der Waals surface area (Å²) in [4.78, 5) is 73.2. The topological polar surface area (TPSA) is 237 Å². The molecule has 0 radical (unpaired) electrons. The number of hydrogen-bond acceptors (Lipinski definition) is 15. The van der Waals surface area contributed by atoms with E-state index in [1.807, 2.05) is 0 Å². The summed E-state index contributed by atoms with van der Waals surface area (Å²) in [5, 5.41) is 10.7. The predicted octanol–water partition coefficient (Wildman–Crippen LogP) is 25.9. The van der Waals surface area contributed by atoms with Crippen molar-refractivity contribution >= 4 is 39.5 Å². The molecule has 0 aromatic carbocycles. The second-order valence-corrected chi connectivity index (χ2v) is 33.6. The van der Waals surface area contributed by atoms with Gasteiger partial charge in [0, 0.05) is 25.7 Å². The minimum Gasteiger partial charge on any atom is -0.462 e. The molecule has 0 heterocycles. The summed E-state index contributed by atoms with van der Waals surface area (Å²) in [5.41, 5.74) is 0. The van der Waals surface area contributed by atoms with Crippen molar-refractivity contribution in [2.75, 3.05) is 39.6 Å². The van der Waals surface area contributed by atoms with Gasteiger partial charge in [0.25, 0.3) is 0 Å². The molecule has 0 saturated heterocycles. The Kier molecular flexibility index (Phi) is 76.4. The summed E-state index contributed by atoms with van der Waals surface area (Å²) < 4.78 is 68.9.